The molecular formula is C21H27N3O. The summed E-state index contributed by atoms with van der Waals surface area (Å²) in [4.78, 5) is 6.78. The summed E-state index contributed by atoms with van der Waals surface area (Å²) in [6, 6.07) is 20.8. The van der Waals surface area contributed by atoms with Crippen molar-refractivity contribution in [2.45, 2.75) is 19.1 Å². The summed E-state index contributed by atoms with van der Waals surface area (Å²) in [5.41, 5.74) is 2.48. The Hall–Kier alpha value is -2.33. The first kappa shape index (κ1) is 17.5. The maximum Gasteiger partial charge on any atom is 0.193 e. The maximum absolute atomic E-state index is 5.98. The molecule has 0 aromatic heterocycles. The number of guanidine groups is 1. The Balaban J connectivity index is 1.61. The quantitative estimate of drug-likeness (QED) is 0.670. The highest BCUT2D eigenvalue weighted by Crippen LogP contribution is 2.33. The van der Waals surface area contributed by atoms with Crippen LogP contribution in [0.1, 0.15) is 23.7 Å². The zero-order chi connectivity index (χ0) is 17.5. The van der Waals surface area contributed by atoms with Crippen molar-refractivity contribution in [1.82, 2.24) is 10.2 Å². The number of nitrogens with zero attached hydrogens (tertiary/aromatic N) is 2. The lowest BCUT2D eigenvalue weighted by atomic mass is 9.95. The van der Waals surface area contributed by atoms with Crippen molar-refractivity contribution >= 4 is 5.96 Å². The highest BCUT2D eigenvalue weighted by molar-refractivity contribution is 5.79. The monoisotopic (exact) mass is 337 g/mol. The smallest absolute Gasteiger partial charge is 0.193 e. The predicted octanol–water partition coefficient (Wildman–Crippen LogP) is 3.47. The molecule has 0 aliphatic carbocycles. The van der Waals surface area contributed by atoms with Crippen LogP contribution in [0.3, 0.4) is 0 Å². The zero-order valence-corrected chi connectivity index (χ0v) is 15.1. The minimum absolute atomic E-state index is 0.172. The average molecular weight is 337 g/mol. The third-order valence-corrected chi connectivity index (χ3v) is 4.54. The van der Waals surface area contributed by atoms with Crippen LogP contribution in [0.15, 0.2) is 65.7 Å². The molecule has 4 nitrogen and oxygen atoms in total. The van der Waals surface area contributed by atoms with E-state index in [1.807, 2.05) is 43.3 Å². The van der Waals surface area contributed by atoms with Crippen LogP contribution >= 0.6 is 0 Å². The SMILES string of the molecule is CN(C)C(=NCc1ccccc1)NC[C@H]1CCO[C@@H]1c1ccccc1. The molecule has 4 heteroatoms. The number of benzene rings is 2. The Morgan fingerprint density at radius 1 is 1.08 bits per heavy atom. The fourth-order valence-corrected chi connectivity index (χ4v) is 3.18. The Morgan fingerprint density at radius 2 is 1.76 bits per heavy atom. The summed E-state index contributed by atoms with van der Waals surface area (Å²) in [7, 11) is 4.05. The van der Waals surface area contributed by atoms with Crippen molar-refractivity contribution in [3.05, 3.63) is 71.8 Å². The molecule has 2 aromatic rings. The number of hydrogen-bond acceptors (Lipinski definition) is 2. The van der Waals surface area contributed by atoms with E-state index in [2.05, 4.69) is 41.7 Å². The van der Waals surface area contributed by atoms with Crippen molar-refractivity contribution in [2.24, 2.45) is 10.9 Å². The molecule has 1 heterocycles. The molecule has 25 heavy (non-hydrogen) atoms. The van der Waals surface area contributed by atoms with Gasteiger partial charge in [0.15, 0.2) is 5.96 Å². The van der Waals surface area contributed by atoms with Gasteiger partial charge in [0, 0.05) is 33.2 Å². The van der Waals surface area contributed by atoms with Crippen molar-refractivity contribution in [2.75, 3.05) is 27.2 Å². The Labute approximate surface area is 150 Å². The van der Waals surface area contributed by atoms with Crippen LogP contribution in [-0.4, -0.2) is 38.1 Å². The number of rotatable bonds is 5. The molecule has 1 aliphatic rings. The normalized spacial score (nSPS) is 20.5. The van der Waals surface area contributed by atoms with E-state index < -0.39 is 0 Å². The molecule has 0 bridgehead atoms. The van der Waals surface area contributed by atoms with Gasteiger partial charge in [-0.1, -0.05) is 60.7 Å². The second-order valence-corrected chi connectivity index (χ2v) is 6.65. The second-order valence-electron chi connectivity index (χ2n) is 6.65. The fraction of sp³-hybridized carbons (Fsp3) is 0.381. The van der Waals surface area contributed by atoms with E-state index in [1.54, 1.807) is 0 Å². The van der Waals surface area contributed by atoms with Crippen LogP contribution in [0.2, 0.25) is 0 Å². The summed E-state index contributed by atoms with van der Waals surface area (Å²) in [6.07, 6.45) is 1.25. The van der Waals surface area contributed by atoms with Gasteiger partial charge < -0.3 is 15.0 Å². The summed E-state index contributed by atoms with van der Waals surface area (Å²) in [6.45, 7) is 2.38. The van der Waals surface area contributed by atoms with E-state index in [0.717, 1.165) is 25.5 Å². The van der Waals surface area contributed by atoms with Gasteiger partial charge in [0.1, 0.15) is 0 Å². The van der Waals surface area contributed by atoms with Crippen molar-refractivity contribution in [1.29, 1.82) is 0 Å². The molecule has 1 saturated heterocycles. The Morgan fingerprint density at radius 3 is 2.44 bits per heavy atom. The lowest BCUT2D eigenvalue weighted by Gasteiger charge is -2.23. The molecule has 3 rings (SSSR count). The van der Waals surface area contributed by atoms with Gasteiger partial charge in [0.2, 0.25) is 0 Å². The van der Waals surface area contributed by atoms with Gasteiger partial charge in [-0.05, 0) is 17.5 Å². The fourth-order valence-electron chi connectivity index (χ4n) is 3.18. The minimum Gasteiger partial charge on any atom is -0.373 e. The Kier molecular flexibility index (Phi) is 6.07. The van der Waals surface area contributed by atoms with Crippen LogP contribution in [0, 0.1) is 5.92 Å². The predicted molar refractivity (Wildman–Crippen MR) is 103 cm³/mol. The van der Waals surface area contributed by atoms with E-state index in [4.69, 9.17) is 9.73 Å². The Bertz CT molecular complexity index is 670. The maximum atomic E-state index is 5.98. The van der Waals surface area contributed by atoms with Crippen LogP contribution in [0.4, 0.5) is 0 Å². The standard InChI is InChI=1S/C21H27N3O/c1-24(2)21(22-15-17-9-5-3-6-10-17)23-16-19-13-14-25-20(19)18-11-7-4-8-12-18/h3-12,19-20H,13-16H2,1-2H3,(H,22,23)/t19-,20-/m1/s1. The highest BCUT2D eigenvalue weighted by atomic mass is 16.5. The van der Waals surface area contributed by atoms with Crippen LogP contribution in [0.25, 0.3) is 0 Å². The molecule has 0 unspecified atom stereocenters. The second kappa shape index (κ2) is 8.67. The van der Waals surface area contributed by atoms with E-state index in [9.17, 15) is 0 Å². The number of aliphatic imine (C=N–C) groups is 1. The van der Waals surface area contributed by atoms with Crippen LogP contribution < -0.4 is 5.32 Å². The number of ether oxygens (including phenoxy) is 1. The average Bonchev–Trinajstić information content (AvgIpc) is 3.11. The van der Waals surface area contributed by atoms with Crippen molar-refractivity contribution < 1.29 is 4.74 Å². The third kappa shape index (κ3) is 4.83. The molecule has 132 valence electrons. The first-order chi connectivity index (χ1) is 12.2. The molecule has 2 aromatic carbocycles. The molecule has 2 atom stereocenters. The largest absolute Gasteiger partial charge is 0.373 e. The molecule has 0 spiro atoms. The molecule has 0 amide bonds. The molecule has 0 saturated carbocycles. The lowest BCUT2D eigenvalue weighted by Crippen LogP contribution is -2.39. The summed E-state index contributed by atoms with van der Waals surface area (Å²) >= 11 is 0. The zero-order valence-electron chi connectivity index (χ0n) is 15.1. The first-order valence-electron chi connectivity index (χ1n) is 8.90. The number of nitrogens with one attached hydrogen (secondary N) is 1. The van der Waals surface area contributed by atoms with Crippen LogP contribution in [-0.2, 0) is 11.3 Å². The summed E-state index contributed by atoms with van der Waals surface area (Å²) in [5.74, 6) is 1.38. The van der Waals surface area contributed by atoms with Crippen molar-refractivity contribution in [3.63, 3.8) is 0 Å². The van der Waals surface area contributed by atoms with Gasteiger partial charge in [-0.3, -0.25) is 0 Å². The molecule has 0 radical (unpaired) electrons. The summed E-state index contributed by atoms with van der Waals surface area (Å²) < 4.78 is 5.98. The molecule has 1 N–H and O–H groups in total. The van der Waals surface area contributed by atoms with E-state index in [1.165, 1.54) is 11.1 Å². The van der Waals surface area contributed by atoms with Gasteiger partial charge in [-0.25, -0.2) is 4.99 Å². The third-order valence-electron chi connectivity index (χ3n) is 4.54. The molecule has 1 aliphatic heterocycles. The first-order valence-corrected chi connectivity index (χ1v) is 8.90. The van der Waals surface area contributed by atoms with Crippen molar-refractivity contribution in [3.8, 4) is 0 Å². The van der Waals surface area contributed by atoms with Crippen LogP contribution in [0.5, 0.6) is 0 Å². The topological polar surface area (TPSA) is 36.9 Å². The van der Waals surface area contributed by atoms with Gasteiger partial charge in [-0.15, -0.1) is 0 Å². The van der Waals surface area contributed by atoms with E-state index in [0.29, 0.717) is 12.5 Å². The van der Waals surface area contributed by atoms with Gasteiger partial charge in [0.25, 0.3) is 0 Å². The van der Waals surface area contributed by atoms with Gasteiger partial charge in [0.05, 0.1) is 12.6 Å². The summed E-state index contributed by atoms with van der Waals surface area (Å²) in [5, 5.41) is 3.53. The van der Waals surface area contributed by atoms with Gasteiger partial charge in [-0.2, -0.15) is 0 Å². The van der Waals surface area contributed by atoms with E-state index in [-0.39, 0.29) is 6.10 Å². The molecular weight excluding hydrogens is 310 g/mol. The molecule has 1 fully saturated rings. The van der Waals surface area contributed by atoms with Gasteiger partial charge >= 0.3 is 0 Å². The number of hydrogen-bond donors (Lipinski definition) is 1. The van der Waals surface area contributed by atoms with E-state index >= 15 is 0 Å². The minimum atomic E-state index is 0.172. The highest BCUT2D eigenvalue weighted by Gasteiger charge is 2.29. The lowest BCUT2D eigenvalue weighted by molar-refractivity contribution is 0.0914.